The van der Waals surface area contributed by atoms with Crippen molar-refractivity contribution in [1.82, 2.24) is 4.98 Å². The van der Waals surface area contributed by atoms with Crippen LogP contribution in [-0.2, 0) is 0 Å². The van der Waals surface area contributed by atoms with Crippen LogP contribution in [0, 0.1) is 6.92 Å². The maximum atomic E-state index is 10.8. The molecule has 0 atom stereocenters. The summed E-state index contributed by atoms with van der Waals surface area (Å²) in [5.74, 6) is -0.0161. The molecule has 0 amide bonds. The van der Waals surface area contributed by atoms with Crippen LogP contribution >= 0.6 is 0 Å². The van der Waals surface area contributed by atoms with Crippen LogP contribution in [0.2, 0.25) is 0 Å². The predicted octanol–water partition coefficient (Wildman–Crippen LogP) is 2.47. The SMILES string of the molecule is Cc1cc(C(=O)O)cnc1N(C)C1CCCC1. The fourth-order valence-electron chi connectivity index (χ4n) is 2.52. The van der Waals surface area contributed by atoms with E-state index in [2.05, 4.69) is 9.88 Å². The second-order valence-electron chi connectivity index (χ2n) is 4.72. The summed E-state index contributed by atoms with van der Waals surface area (Å²) in [5, 5.41) is 8.90. The first-order valence-corrected chi connectivity index (χ1v) is 6.02. The van der Waals surface area contributed by atoms with Gasteiger partial charge in [-0.25, -0.2) is 9.78 Å². The molecule has 2 rings (SSSR count). The second kappa shape index (κ2) is 4.73. The predicted molar refractivity (Wildman–Crippen MR) is 66.6 cm³/mol. The average molecular weight is 234 g/mol. The zero-order chi connectivity index (χ0) is 12.4. The Morgan fingerprint density at radius 2 is 2.12 bits per heavy atom. The van der Waals surface area contributed by atoms with Gasteiger partial charge in [0.1, 0.15) is 5.82 Å². The first kappa shape index (κ1) is 11.9. The molecule has 0 aromatic carbocycles. The lowest BCUT2D eigenvalue weighted by atomic mass is 10.1. The summed E-state index contributed by atoms with van der Waals surface area (Å²) in [4.78, 5) is 17.3. The second-order valence-corrected chi connectivity index (χ2v) is 4.72. The van der Waals surface area contributed by atoms with Crippen LogP contribution in [0.3, 0.4) is 0 Å². The van der Waals surface area contributed by atoms with E-state index >= 15 is 0 Å². The number of aryl methyl sites for hydroxylation is 1. The lowest BCUT2D eigenvalue weighted by molar-refractivity contribution is 0.0696. The van der Waals surface area contributed by atoms with E-state index in [0.29, 0.717) is 6.04 Å². The quantitative estimate of drug-likeness (QED) is 0.872. The summed E-state index contributed by atoms with van der Waals surface area (Å²) in [6, 6.07) is 2.24. The Morgan fingerprint density at radius 1 is 1.47 bits per heavy atom. The minimum atomic E-state index is -0.921. The van der Waals surface area contributed by atoms with E-state index in [1.165, 1.54) is 31.9 Å². The molecule has 1 aromatic heterocycles. The molecule has 0 unspecified atom stereocenters. The Balaban J connectivity index is 2.23. The van der Waals surface area contributed by atoms with E-state index in [-0.39, 0.29) is 5.56 Å². The summed E-state index contributed by atoms with van der Waals surface area (Å²) < 4.78 is 0. The molecule has 1 heterocycles. The molecule has 92 valence electrons. The molecule has 1 aliphatic rings. The van der Waals surface area contributed by atoms with E-state index in [9.17, 15) is 4.79 Å². The molecule has 0 bridgehead atoms. The van der Waals surface area contributed by atoms with E-state index < -0.39 is 5.97 Å². The van der Waals surface area contributed by atoms with Gasteiger partial charge in [0.15, 0.2) is 0 Å². The molecular formula is C13H18N2O2. The van der Waals surface area contributed by atoms with Crippen LogP contribution in [0.1, 0.15) is 41.6 Å². The lowest BCUT2D eigenvalue weighted by Crippen LogP contribution is -2.30. The standard InChI is InChI=1S/C13H18N2O2/c1-9-7-10(13(16)17)8-14-12(9)15(2)11-5-3-4-6-11/h7-8,11H,3-6H2,1-2H3,(H,16,17). The molecule has 1 aliphatic carbocycles. The summed E-state index contributed by atoms with van der Waals surface area (Å²) >= 11 is 0. The van der Waals surface area contributed by atoms with Gasteiger partial charge in [0.2, 0.25) is 0 Å². The fourth-order valence-corrected chi connectivity index (χ4v) is 2.52. The van der Waals surface area contributed by atoms with Gasteiger partial charge < -0.3 is 10.0 Å². The minimum Gasteiger partial charge on any atom is -0.478 e. The van der Waals surface area contributed by atoms with Gasteiger partial charge in [0, 0.05) is 19.3 Å². The summed E-state index contributed by atoms with van der Waals surface area (Å²) in [6.07, 6.45) is 6.41. The Labute approximate surface area is 101 Å². The molecule has 1 aromatic rings. The van der Waals surface area contributed by atoms with Crippen molar-refractivity contribution in [3.63, 3.8) is 0 Å². The number of hydrogen-bond donors (Lipinski definition) is 1. The van der Waals surface area contributed by atoms with E-state index in [4.69, 9.17) is 5.11 Å². The molecule has 17 heavy (non-hydrogen) atoms. The Morgan fingerprint density at radius 3 is 2.65 bits per heavy atom. The zero-order valence-electron chi connectivity index (χ0n) is 10.3. The maximum absolute atomic E-state index is 10.8. The smallest absolute Gasteiger partial charge is 0.337 e. The Bertz CT molecular complexity index is 425. The van der Waals surface area contributed by atoms with Crippen LogP contribution < -0.4 is 4.90 Å². The third-order valence-electron chi connectivity index (χ3n) is 3.50. The molecular weight excluding hydrogens is 216 g/mol. The summed E-state index contributed by atoms with van der Waals surface area (Å²) in [7, 11) is 2.05. The highest BCUT2D eigenvalue weighted by Crippen LogP contribution is 2.27. The van der Waals surface area contributed by atoms with Crippen molar-refractivity contribution in [3.8, 4) is 0 Å². The van der Waals surface area contributed by atoms with Crippen LogP contribution in [0.5, 0.6) is 0 Å². The van der Waals surface area contributed by atoms with Gasteiger partial charge in [-0.3, -0.25) is 0 Å². The van der Waals surface area contributed by atoms with Crippen molar-refractivity contribution in [2.24, 2.45) is 0 Å². The number of carboxylic acid groups (broad SMARTS) is 1. The van der Waals surface area contributed by atoms with Gasteiger partial charge in [-0.2, -0.15) is 0 Å². The van der Waals surface area contributed by atoms with Gasteiger partial charge in [0.25, 0.3) is 0 Å². The largest absolute Gasteiger partial charge is 0.478 e. The van der Waals surface area contributed by atoms with Crippen LogP contribution in [0.25, 0.3) is 0 Å². The number of carboxylic acids is 1. The third-order valence-corrected chi connectivity index (χ3v) is 3.50. The number of carbonyl (C=O) groups is 1. The number of aromatic nitrogens is 1. The van der Waals surface area contributed by atoms with Crippen LogP contribution in [0.15, 0.2) is 12.3 Å². The fraction of sp³-hybridized carbons (Fsp3) is 0.538. The molecule has 1 saturated carbocycles. The number of aromatic carboxylic acids is 1. The third kappa shape index (κ3) is 2.40. The number of hydrogen-bond acceptors (Lipinski definition) is 3. The van der Waals surface area contributed by atoms with Crippen LogP contribution in [0.4, 0.5) is 5.82 Å². The molecule has 1 fully saturated rings. The van der Waals surface area contributed by atoms with Gasteiger partial charge >= 0.3 is 5.97 Å². The number of rotatable bonds is 3. The number of pyridine rings is 1. The van der Waals surface area contributed by atoms with Crippen LogP contribution in [-0.4, -0.2) is 29.1 Å². The van der Waals surface area contributed by atoms with Crippen molar-refractivity contribution < 1.29 is 9.90 Å². The minimum absolute atomic E-state index is 0.256. The molecule has 4 heteroatoms. The van der Waals surface area contributed by atoms with Gasteiger partial charge in [-0.1, -0.05) is 12.8 Å². The van der Waals surface area contributed by atoms with Gasteiger partial charge in [-0.05, 0) is 31.4 Å². The highest BCUT2D eigenvalue weighted by atomic mass is 16.4. The van der Waals surface area contributed by atoms with Gasteiger partial charge in [-0.15, -0.1) is 0 Å². The lowest BCUT2D eigenvalue weighted by Gasteiger charge is -2.26. The molecule has 0 radical (unpaired) electrons. The highest BCUT2D eigenvalue weighted by Gasteiger charge is 2.22. The number of anilines is 1. The van der Waals surface area contributed by atoms with Gasteiger partial charge in [0.05, 0.1) is 5.56 Å². The molecule has 0 saturated heterocycles. The monoisotopic (exact) mass is 234 g/mol. The first-order chi connectivity index (χ1) is 8.09. The van der Waals surface area contributed by atoms with Crippen molar-refractivity contribution in [1.29, 1.82) is 0 Å². The van der Waals surface area contributed by atoms with E-state index in [0.717, 1.165) is 11.4 Å². The van der Waals surface area contributed by atoms with Crippen molar-refractivity contribution in [2.45, 2.75) is 38.6 Å². The van der Waals surface area contributed by atoms with Crippen molar-refractivity contribution >= 4 is 11.8 Å². The maximum Gasteiger partial charge on any atom is 0.337 e. The Kier molecular flexibility index (Phi) is 3.31. The van der Waals surface area contributed by atoms with Crippen molar-refractivity contribution in [3.05, 3.63) is 23.4 Å². The highest BCUT2D eigenvalue weighted by molar-refractivity contribution is 5.87. The molecule has 0 aliphatic heterocycles. The summed E-state index contributed by atoms with van der Waals surface area (Å²) in [5.41, 5.74) is 1.19. The molecule has 4 nitrogen and oxygen atoms in total. The van der Waals surface area contributed by atoms with Crippen molar-refractivity contribution in [2.75, 3.05) is 11.9 Å². The molecule has 0 spiro atoms. The Hall–Kier alpha value is -1.58. The topological polar surface area (TPSA) is 53.4 Å². The number of nitrogens with zero attached hydrogens (tertiary/aromatic N) is 2. The first-order valence-electron chi connectivity index (χ1n) is 6.02. The van der Waals surface area contributed by atoms with E-state index in [1.807, 2.05) is 14.0 Å². The molecule has 1 N–H and O–H groups in total. The normalized spacial score (nSPS) is 16.1. The van der Waals surface area contributed by atoms with E-state index in [1.54, 1.807) is 6.07 Å². The summed E-state index contributed by atoms with van der Waals surface area (Å²) in [6.45, 7) is 1.92. The average Bonchev–Trinajstić information content (AvgIpc) is 2.81. The zero-order valence-corrected chi connectivity index (χ0v) is 10.3.